The molecular weight excluding hydrogens is 448 g/mol. The molecule has 0 bridgehead atoms. The molecule has 3 N–H and O–H groups in total. The van der Waals surface area contributed by atoms with Crippen LogP contribution in [0.2, 0.25) is 5.02 Å². The summed E-state index contributed by atoms with van der Waals surface area (Å²) in [6.07, 6.45) is 1.63. The van der Waals surface area contributed by atoms with Gasteiger partial charge in [0.2, 0.25) is 0 Å². The Kier molecular flexibility index (Phi) is 5.47. The number of carbonyl (C=O) groups is 1. The van der Waals surface area contributed by atoms with Crippen molar-refractivity contribution in [2.45, 2.75) is 13.8 Å². The number of amides is 1. The molecule has 0 spiro atoms. The third-order valence-electron chi connectivity index (χ3n) is 5.53. The minimum atomic E-state index is -0.374. The molecule has 0 unspecified atom stereocenters. The van der Waals surface area contributed by atoms with Crippen LogP contribution in [0.4, 0.5) is 11.5 Å². The number of nitrogen functional groups attached to an aromatic ring is 1. The second kappa shape index (κ2) is 8.61. The smallest absolute Gasteiger partial charge is 0.261 e. The van der Waals surface area contributed by atoms with Crippen LogP contribution >= 0.6 is 11.6 Å². The van der Waals surface area contributed by atoms with Gasteiger partial charge in [0.1, 0.15) is 16.9 Å². The van der Waals surface area contributed by atoms with E-state index in [9.17, 15) is 4.79 Å². The zero-order valence-corrected chi connectivity index (χ0v) is 19.3. The lowest BCUT2D eigenvalue weighted by Crippen LogP contribution is -2.15. The monoisotopic (exact) mass is 468 g/mol. The van der Waals surface area contributed by atoms with Crippen LogP contribution in [-0.4, -0.2) is 26.8 Å². The zero-order chi connectivity index (χ0) is 23.8. The Morgan fingerprint density at radius 3 is 2.47 bits per heavy atom. The fraction of sp³-hybridized carbons (Fsp3) is 0.0769. The number of para-hydroxylation sites is 2. The van der Waals surface area contributed by atoms with E-state index in [-0.39, 0.29) is 17.3 Å². The van der Waals surface area contributed by atoms with E-state index in [0.29, 0.717) is 32.9 Å². The zero-order valence-electron chi connectivity index (χ0n) is 18.6. The molecule has 0 aliphatic rings. The van der Waals surface area contributed by atoms with E-state index >= 15 is 0 Å². The van der Waals surface area contributed by atoms with E-state index < -0.39 is 0 Å². The van der Waals surface area contributed by atoms with Gasteiger partial charge in [-0.3, -0.25) is 4.79 Å². The molecule has 8 heteroatoms. The number of hydrogen-bond donors (Lipinski definition) is 2. The number of nitrogens with two attached hydrogens (primary N) is 1. The van der Waals surface area contributed by atoms with E-state index in [1.807, 2.05) is 68.4 Å². The van der Waals surface area contributed by atoms with Gasteiger partial charge < -0.3 is 11.1 Å². The predicted molar refractivity (Wildman–Crippen MR) is 138 cm³/mol. The maximum atomic E-state index is 13.4. The van der Waals surface area contributed by atoms with E-state index in [4.69, 9.17) is 27.3 Å². The Labute approximate surface area is 200 Å². The molecule has 2 aromatic heterocycles. The van der Waals surface area contributed by atoms with Gasteiger partial charge in [0.25, 0.3) is 5.91 Å². The van der Waals surface area contributed by atoms with Crippen molar-refractivity contribution in [3.05, 3.63) is 94.0 Å². The number of anilines is 2. The highest BCUT2D eigenvalue weighted by Crippen LogP contribution is 2.29. The molecule has 1 amide bonds. The lowest BCUT2D eigenvalue weighted by molar-refractivity contribution is 0.102. The topological polar surface area (TPSA) is 98.2 Å². The van der Waals surface area contributed by atoms with Gasteiger partial charge in [-0.25, -0.2) is 9.97 Å². The van der Waals surface area contributed by atoms with Crippen molar-refractivity contribution in [1.82, 2.24) is 14.6 Å². The maximum Gasteiger partial charge on any atom is 0.261 e. The van der Waals surface area contributed by atoms with Crippen molar-refractivity contribution in [3.63, 3.8) is 0 Å². The average molecular weight is 469 g/mol. The number of benzene rings is 3. The molecule has 0 saturated carbocycles. The van der Waals surface area contributed by atoms with Gasteiger partial charge in [-0.15, -0.1) is 0 Å². The molecule has 5 rings (SSSR count). The Morgan fingerprint density at radius 1 is 1.03 bits per heavy atom. The van der Waals surface area contributed by atoms with Crippen molar-refractivity contribution < 1.29 is 4.79 Å². The van der Waals surface area contributed by atoms with Gasteiger partial charge in [-0.2, -0.15) is 9.78 Å². The first-order chi connectivity index (χ1) is 16.4. The molecule has 0 fully saturated rings. The van der Waals surface area contributed by atoms with Crippen LogP contribution in [0.5, 0.6) is 0 Å². The maximum absolute atomic E-state index is 13.4. The van der Waals surface area contributed by atoms with Gasteiger partial charge in [-0.05, 0) is 60.9 Å². The molecule has 5 aromatic rings. The van der Waals surface area contributed by atoms with Crippen molar-refractivity contribution in [2.24, 2.45) is 5.10 Å². The summed E-state index contributed by atoms with van der Waals surface area (Å²) in [4.78, 5) is 22.9. The number of rotatable bonds is 4. The second-order valence-electron chi connectivity index (χ2n) is 8.03. The Bertz CT molecular complexity index is 1590. The van der Waals surface area contributed by atoms with E-state index in [1.54, 1.807) is 18.3 Å². The number of halogens is 1. The van der Waals surface area contributed by atoms with Crippen molar-refractivity contribution in [2.75, 3.05) is 11.1 Å². The SMILES string of the molecule is Cc1ccc(C)c(NC(=O)c2c(N)n(N=Cc3ccc(Cl)cc3)c3nc4ccccc4nc23)c1. The van der Waals surface area contributed by atoms with Crippen LogP contribution in [0.1, 0.15) is 27.0 Å². The van der Waals surface area contributed by atoms with Gasteiger partial charge in [0.05, 0.1) is 17.2 Å². The fourth-order valence-electron chi connectivity index (χ4n) is 3.72. The summed E-state index contributed by atoms with van der Waals surface area (Å²) >= 11 is 5.98. The molecule has 0 atom stereocenters. The largest absolute Gasteiger partial charge is 0.383 e. The van der Waals surface area contributed by atoms with Crippen molar-refractivity contribution >= 4 is 57.4 Å². The van der Waals surface area contributed by atoms with E-state index in [1.165, 1.54) is 4.68 Å². The summed E-state index contributed by atoms with van der Waals surface area (Å²) in [6.45, 7) is 3.91. The van der Waals surface area contributed by atoms with E-state index in [0.717, 1.165) is 16.7 Å². The Balaban J connectivity index is 1.66. The molecular formula is C26H21ClN6O. The van der Waals surface area contributed by atoms with Gasteiger partial charge in [-0.1, -0.05) is 48.0 Å². The molecule has 0 saturated heterocycles. The number of nitrogens with zero attached hydrogens (tertiary/aromatic N) is 4. The number of fused-ring (bicyclic) bond motifs is 2. The standard InChI is InChI=1S/C26H21ClN6O/c1-15-7-8-16(2)21(13-15)32-26(34)22-23-25(31-20-6-4-3-5-19(20)30-23)33(24(22)28)29-14-17-9-11-18(27)12-10-17/h3-14H,28H2,1-2H3,(H,32,34). The quantitative estimate of drug-likeness (QED) is 0.337. The minimum absolute atomic E-state index is 0.151. The molecule has 0 aliphatic heterocycles. The van der Waals surface area contributed by atoms with Crippen molar-refractivity contribution in [1.29, 1.82) is 0 Å². The summed E-state index contributed by atoms with van der Waals surface area (Å²) in [5.41, 5.74) is 12.3. The lowest BCUT2D eigenvalue weighted by Gasteiger charge is -2.09. The fourth-order valence-corrected chi connectivity index (χ4v) is 3.84. The summed E-state index contributed by atoms with van der Waals surface area (Å²) < 4.78 is 1.45. The van der Waals surface area contributed by atoms with Gasteiger partial charge >= 0.3 is 0 Å². The number of aryl methyl sites for hydroxylation is 2. The minimum Gasteiger partial charge on any atom is -0.383 e. The molecule has 7 nitrogen and oxygen atoms in total. The van der Waals surface area contributed by atoms with Crippen LogP contribution in [0.15, 0.2) is 71.8 Å². The molecule has 0 aliphatic carbocycles. The number of carbonyl (C=O) groups excluding carboxylic acids is 1. The molecule has 0 radical (unpaired) electrons. The Hall–Kier alpha value is -4.23. The third kappa shape index (κ3) is 3.97. The third-order valence-corrected chi connectivity index (χ3v) is 5.79. The molecule has 34 heavy (non-hydrogen) atoms. The summed E-state index contributed by atoms with van der Waals surface area (Å²) in [5, 5.41) is 8.13. The highest BCUT2D eigenvalue weighted by Gasteiger charge is 2.24. The first kappa shape index (κ1) is 21.6. The van der Waals surface area contributed by atoms with E-state index in [2.05, 4.69) is 10.4 Å². The van der Waals surface area contributed by atoms with Crippen molar-refractivity contribution in [3.8, 4) is 0 Å². The molecule has 168 valence electrons. The summed E-state index contributed by atoms with van der Waals surface area (Å²) in [6, 6.07) is 20.5. The Morgan fingerprint density at radius 2 is 1.74 bits per heavy atom. The number of aromatic nitrogens is 3. The lowest BCUT2D eigenvalue weighted by atomic mass is 10.1. The highest BCUT2D eigenvalue weighted by atomic mass is 35.5. The first-order valence-electron chi connectivity index (χ1n) is 10.7. The van der Waals surface area contributed by atoms with Gasteiger partial charge in [0.15, 0.2) is 5.65 Å². The highest BCUT2D eigenvalue weighted by molar-refractivity contribution is 6.30. The summed E-state index contributed by atoms with van der Waals surface area (Å²) in [5.74, 6) is -0.223. The van der Waals surface area contributed by atoms with Crippen LogP contribution in [-0.2, 0) is 0 Å². The molecule has 3 aromatic carbocycles. The first-order valence-corrected chi connectivity index (χ1v) is 11.0. The number of hydrogen-bond acceptors (Lipinski definition) is 5. The molecule has 2 heterocycles. The summed E-state index contributed by atoms with van der Waals surface area (Å²) in [7, 11) is 0. The van der Waals surface area contributed by atoms with Gasteiger partial charge in [0, 0.05) is 10.7 Å². The number of nitrogens with one attached hydrogen (secondary N) is 1. The second-order valence-corrected chi connectivity index (χ2v) is 8.46. The van der Waals surface area contributed by atoms with Crippen LogP contribution < -0.4 is 11.1 Å². The van der Waals surface area contributed by atoms with Crippen LogP contribution in [0, 0.1) is 13.8 Å². The average Bonchev–Trinajstić information content (AvgIpc) is 3.09. The normalized spacial score (nSPS) is 11.5. The predicted octanol–water partition coefficient (Wildman–Crippen LogP) is 5.57. The van der Waals surface area contributed by atoms with Crippen LogP contribution in [0.25, 0.3) is 22.2 Å². The van der Waals surface area contributed by atoms with Crippen LogP contribution in [0.3, 0.4) is 0 Å².